The van der Waals surface area contributed by atoms with Crippen molar-refractivity contribution < 1.29 is 9.90 Å². The van der Waals surface area contributed by atoms with E-state index < -0.39 is 0 Å². The largest absolute Gasteiger partial charge is 0.396 e. The third kappa shape index (κ3) is 6.57. The molecule has 4 nitrogen and oxygen atoms in total. The lowest BCUT2D eigenvalue weighted by Gasteiger charge is -2.31. The average Bonchev–Trinajstić information content (AvgIpc) is 2.34. The molecular formula is C13H29ClN2O2. The monoisotopic (exact) mass is 280 g/mol. The predicted molar refractivity (Wildman–Crippen MR) is 78.1 cm³/mol. The first-order valence-electron chi connectivity index (χ1n) is 6.58. The first kappa shape index (κ1) is 20.0. The normalized spacial score (nSPS) is 12.7. The molecule has 0 aliphatic rings. The van der Waals surface area contributed by atoms with Crippen LogP contribution in [-0.4, -0.2) is 37.8 Å². The SMILES string of the molecule is CCC(CC)(CCO)CNC(=O)C(C)CNC.Cl. The van der Waals surface area contributed by atoms with Crippen molar-refractivity contribution in [1.29, 1.82) is 0 Å². The molecule has 0 aromatic heterocycles. The van der Waals surface area contributed by atoms with Gasteiger partial charge in [-0.25, -0.2) is 0 Å². The molecule has 1 amide bonds. The molecule has 0 radical (unpaired) electrons. The number of halogens is 1. The number of hydrogen-bond acceptors (Lipinski definition) is 3. The average molecular weight is 281 g/mol. The Morgan fingerprint density at radius 2 is 1.89 bits per heavy atom. The standard InChI is InChI=1S/C13H28N2O2.ClH/c1-5-13(6-2,7-8-16)10-15-12(17)11(3)9-14-4;/h11,14,16H,5-10H2,1-4H3,(H,15,17);1H. The van der Waals surface area contributed by atoms with Crippen LogP contribution in [0.5, 0.6) is 0 Å². The van der Waals surface area contributed by atoms with E-state index in [9.17, 15) is 4.79 Å². The Labute approximate surface area is 117 Å². The number of rotatable bonds is 9. The number of carbonyl (C=O) groups is 1. The van der Waals surface area contributed by atoms with Crippen molar-refractivity contribution in [3.05, 3.63) is 0 Å². The van der Waals surface area contributed by atoms with Gasteiger partial charge in [-0.2, -0.15) is 0 Å². The summed E-state index contributed by atoms with van der Waals surface area (Å²) in [6, 6.07) is 0. The number of amides is 1. The fraction of sp³-hybridized carbons (Fsp3) is 0.923. The number of nitrogens with one attached hydrogen (secondary N) is 2. The second kappa shape index (κ2) is 10.6. The van der Waals surface area contributed by atoms with Crippen LogP contribution in [0.2, 0.25) is 0 Å². The van der Waals surface area contributed by atoms with E-state index in [1.54, 1.807) is 0 Å². The molecule has 110 valence electrons. The zero-order valence-corrected chi connectivity index (χ0v) is 12.9. The van der Waals surface area contributed by atoms with Gasteiger partial charge in [0.05, 0.1) is 0 Å². The van der Waals surface area contributed by atoms with Crippen molar-refractivity contribution in [2.75, 3.05) is 26.7 Å². The van der Waals surface area contributed by atoms with Gasteiger partial charge in [0.15, 0.2) is 0 Å². The molecule has 5 heteroatoms. The Morgan fingerprint density at radius 3 is 2.28 bits per heavy atom. The van der Waals surface area contributed by atoms with E-state index in [0.717, 1.165) is 19.3 Å². The zero-order valence-electron chi connectivity index (χ0n) is 12.1. The summed E-state index contributed by atoms with van der Waals surface area (Å²) >= 11 is 0. The Kier molecular flexibility index (Phi) is 11.8. The van der Waals surface area contributed by atoms with Crippen molar-refractivity contribution in [3.8, 4) is 0 Å². The van der Waals surface area contributed by atoms with Crippen LogP contribution in [-0.2, 0) is 4.79 Å². The molecule has 3 N–H and O–H groups in total. The quantitative estimate of drug-likeness (QED) is 0.601. The van der Waals surface area contributed by atoms with Gasteiger partial charge in [-0.15, -0.1) is 12.4 Å². The first-order valence-corrected chi connectivity index (χ1v) is 6.58. The molecule has 0 rings (SSSR count). The summed E-state index contributed by atoms with van der Waals surface area (Å²) < 4.78 is 0. The van der Waals surface area contributed by atoms with Crippen LogP contribution >= 0.6 is 12.4 Å². The number of aliphatic hydroxyl groups is 1. The molecule has 0 spiro atoms. The van der Waals surface area contributed by atoms with Gasteiger partial charge in [-0.3, -0.25) is 4.79 Å². The van der Waals surface area contributed by atoms with Gasteiger partial charge in [0.2, 0.25) is 5.91 Å². The van der Waals surface area contributed by atoms with E-state index in [4.69, 9.17) is 5.11 Å². The van der Waals surface area contributed by atoms with Gasteiger partial charge in [-0.1, -0.05) is 20.8 Å². The Bertz CT molecular complexity index is 221. The molecule has 0 saturated carbocycles. The lowest BCUT2D eigenvalue weighted by Crippen LogP contribution is -2.41. The van der Waals surface area contributed by atoms with Crippen molar-refractivity contribution in [2.24, 2.45) is 11.3 Å². The van der Waals surface area contributed by atoms with Crippen molar-refractivity contribution in [2.45, 2.75) is 40.0 Å². The van der Waals surface area contributed by atoms with Gasteiger partial charge < -0.3 is 15.7 Å². The second-order valence-corrected chi connectivity index (χ2v) is 4.86. The molecule has 0 heterocycles. The van der Waals surface area contributed by atoms with Crippen LogP contribution in [0, 0.1) is 11.3 Å². The summed E-state index contributed by atoms with van der Waals surface area (Å²) in [5.74, 6) is 0.0732. The fourth-order valence-electron chi connectivity index (χ4n) is 2.03. The molecule has 0 saturated heterocycles. The van der Waals surface area contributed by atoms with Crippen LogP contribution in [0.25, 0.3) is 0 Å². The van der Waals surface area contributed by atoms with E-state index >= 15 is 0 Å². The summed E-state index contributed by atoms with van der Waals surface area (Å²) in [6.07, 6.45) is 2.70. The highest BCUT2D eigenvalue weighted by Gasteiger charge is 2.26. The summed E-state index contributed by atoms with van der Waals surface area (Å²) in [6.45, 7) is 7.68. The molecule has 0 fully saturated rings. The lowest BCUT2D eigenvalue weighted by atomic mass is 9.79. The van der Waals surface area contributed by atoms with Gasteiger partial charge in [-0.05, 0) is 31.7 Å². The molecule has 1 atom stereocenters. The zero-order chi connectivity index (χ0) is 13.3. The van der Waals surface area contributed by atoms with Crippen LogP contribution in [0.1, 0.15) is 40.0 Å². The van der Waals surface area contributed by atoms with Crippen molar-refractivity contribution in [3.63, 3.8) is 0 Å². The maximum atomic E-state index is 11.8. The third-order valence-corrected chi connectivity index (χ3v) is 3.74. The molecule has 0 aliphatic heterocycles. The van der Waals surface area contributed by atoms with Crippen LogP contribution in [0.4, 0.5) is 0 Å². The number of aliphatic hydroxyl groups excluding tert-OH is 1. The summed E-state index contributed by atoms with van der Waals surface area (Å²) in [5, 5.41) is 15.1. The van der Waals surface area contributed by atoms with E-state index in [-0.39, 0.29) is 36.3 Å². The Balaban J connectivity index is 0. The van der Waals surface area contributed by atoms with Crippen LogP contribution in [0.3, 0.4) is 0 Å². The first-order chi connectivity index (χ1) is 8.05. The van der Waals surface area contributed by atoms with Crippen molar-refractivity contribution in [1.82, 2.24) is 10.6 Å². The second-order valence-electron chi connectivity index (χ2n) is 4.86. The van der Waals surface area contributed by atoms with Crippen molar-refractivity contribution >= 4 is 18.3 Å². The van der Waals surface area contributed by atoms with Crippen LogP contribution < -0.4 is 10.6 Å². The third-order valence-electron chi connectivity index (χ3n) is 3.74. The highest BCUT2D eigenvalue weighted by molar-refractivity contribution is 5.85. The fourth-order valence-corrected chi connectivity index (χ4v) is 2.03. The Hall–Kier alpha value is -0.320. The molecule has 0 aromatic rings. The maximum Gasteiger partial charge on any atom is 0.224 e. The smallest absolute Gasteiger partial charge is 0.224 e. The van der Waals surface area contributed by atoms with E-state index in [0.29, 0.717) is 13.1 Å². The molecule has 18 heavy (non-hydrogen) atoms. The topological polar surface area (TPSA) is 61.4 Å². The predicted octanol–water partition coefficient (Wildman–Crippen LogP) is 1.57. The minimum Gasteiger partial charge on any atom is -0.396 e. The van der Waals surface area contributed by atoms with Crippen LogP contribution in [0.15, 0.2) is 0 Å². The van der Waals surface area contributed by atoms with E-state index in [2.05, 4.69) is 24.5 Å². The van der Waals surface area contributed by atoms with Gasteiger partial charge in [0, 0.05) is 25.6 Å². The molecule has 0 bridgehead atoms. The van der Waals surface area contributed by atoms with Gasteiger partial charge in [0.1, 0.15) is 0 Å². The Morgan fingerprint density at radius 1 is 1.33 bits per heavy atom. The highest BCUT2D eigenvalue weighted by Crippen LogP contribution is 2.29. The van der Waals surface area contributed by atoms with Gasteiger partial charge >= 0.3 is 0 Å². The maximum absolute atomic E-state index is 11.8. The number of hydrogen-bond donors (Lipinski definition) is 3. The highest BCUT2D eigenvalue weighted by atomic mass is 35.5. The molecule has 1 unspecified atom stereocenters. The number of carbonyl (C=O) groups excluding carboxylic acids is 1. The summed E-state index contributed by atoms with van der Waals surface area (Å²) in [4.78, 5) is 11.8. The molecule has 0 aromatic carbocycles. The summed E-state index contributed by atoms with van der Waals surface area (Å²) in [7, 11) is 1.85. The minimum absolute atomic E-state index is 0. The van der Waals surface area contributed by atoms with Gasteiger partial charge in [0.25, 0.3) is 0 Å². The lowest BCUT2D eigenvalue weighted by molar-refractivity contribution is -0.125. The summed E-state index contributed by atoms with van der Waals surface area (Å²) in [5.41, 5.74) is 0.0454. The minimum atomic E-state index is -0.0134. The van der Waals surface area contributed by atoms with E-state index in [1.807, 2.05) is 14.0 Å². The molecular weight excluding hydrogens is 252 g/mol. The molecule has 0 aliphatic carbocycles. The van der Waals surface area contributed by atoms with E-state index in [1.165, 1.54) is 0 Å².